The minimum atomic E-state index is -0.450. The van der Waals surface area contributed by atoms with Gasteiger partial charge in [0.2, 0.25) is 0 Å². The molecule has 0 aromatic carbocycles. The molecule has 3 nitrogen and oxygen atoms in total. The summed E-state index contributed by atoms with van der Waals surface area (Å²) in [5, 5.41) is 10.9. The first-order valence-electron chi connectivity index (χ1n) is 13.9. The van der Waals surface area contributed by atoms with E-state index >= 15 is 0 Å². The molecular weight excluding hydrogens is 408 g/mol. The summed E-state index contributed by atoms with van der Waals surface area (Å²) < 4.78 is 6.71. The van der Waals surface area contributed by atoms with Crippen molar-refractivity contribution in [3.05, 3.63) is 12.2 Å². The molecular formula is C30H46O3. The van der Waals surface area contributed by atoms with Crippen LogP contribution in [-0.4, -0.2) is 22.8 Å². The minimum absolute atomic E-state index is 0.0424. The Morgan fingerprint density at radius 1 is 0.939 bits per heavy atom. The fourth-order valence-electron chi connectivity index (χ4n) is 11.4. The second-order valence-corrected chi connectivity index (χ2v) is 14.8. The zero-order chi connectivity index (χ0) is 23.8. The Labute approximate surface area is 201 Å². The second kappa shape index (κ2) is 6.29. The quantitative estimate of drug-likeness (QED) is 0.334. The van der Waals surface area contributed by atoms with Gasteiger partial charge in [0, 0.05) is 11.3 Å². The lowest BCUT2D eigenvalue weighted by molar-refractivity contribution is -0.245. The minimum Gasteiger partial charge on any atom is -0.453 e. The van der Waals surface area contributed by atoms with Gasteiger partial charge in [-0.1, -0.05) is 54.5 Å². The molecule has 6 rings (SSSR count). The highest BCUT2D eigenvalue weighted by atomic mass is 16.6. The molecule has 2 bridgehead atoms. The first-order chi connectivity index (χ1) is 15.3. The number of aliphatic hydroxyl groups is 1. The Hall–Kier alpha value is -0.830. The number of esters is 1. The lowest BCUT2D eigenvalue weighted by Crippen LogP contribution is -2.71. The molecule has 11 atom stereocenters. The van der Waals surface area contributed by atoms with Crippen LogP contribution in [0, 0.1) is 56.7 Å². The largest absolute Gasteiger partial charge is 0.453 e. The van der Waals surface area contributed by atoms with Crippen LogP contribution in [0.2, 0.25) is 0 Å². The van der Waals surface area contributed by atoms with Crippen LogP contribution in [0.4, 0.5) is 0 Å². The van der Waals surface area contributed by atoms with Crippen molar-refractivity contribution in [1.29, 1.82) is 0 Å². The standard InChI is InChI=1S/C30H46O3/c1-18-8-14-29-17-16-28(7)27(6)13-9-20-25(3,4)22(31)11-12-26(20,5)21(27)10-15-30(28,33-24(29)32)23(29)19(18)2/h10,15,18-23,31H,8-9,11-14,16-17H2,1-7H3/t18-,19+,20-,21-,22-,23-,26+,27+,28+,29-,30-/m0/s1. The van der Waals surface area contributed by atoms with Gasteiger partial charge in [0.05, 0.1) is 11.5 Å². The van der Waals surface area contributed by atoms with E-state index in [1.807, 2.05) is 0 Å². The summed E-state index contributed by atoms with van der Waals surface area (Å²) in [4.78, 5) is 13.6. The topological polar surface area (TPSA) is 46.5 Å². The molecule has 184 valence electrons. The average molecular weight is 455 g/mol. The summed E-state index contributed by atoms with van der Waals surface area (Å²) in [6.07, 6.45) is 13.4. The van der Waals surface area contributed by atoms with Gasteiger partial charge in [0.25, 0.3) is 0 Å². The van der Waals surface area contributed by atoms with Gasteiger partial charge in [-0.2, -0.15) is 0 Å². The van der Waals surface area contributed by atoms with Gasteiger partial charge in [-0.3, -0.25) is 4.79 Å². The summed E-state index contributed by atoms with van der Waals surface area (Å²) in [6.45, 7) is 17.0. The molecule has 1 heterocycles. The monoisotopic (exact) mass is 454 g/mol. The number of carbonyl (C=O) groups excluding carboxylic acids is 1. The molecule has 5 aliphatic carbocycles. The van der Waals surface area contributed by atoms with Crippen LogP contribution in [0.5, 0.6) is 0 Å². The number of aliphatic hydroxyl groups excluding tert-OH is 1. The fourth-order valence-corrected chi connectivity index (χ4v) is 11.4. The van der Waals surface area contributed by atoms with Crippen molar-refractivity contribution in [3.63, 3.8) is 0 Å². The van der Waals surface area contributed by atoms with Crippen LogP contribution in [0.15, 0.2) is 12.2 Å². The molecule has 0 aromatic heterocycles. The number of allylic oxidation sites excluding steroid dienone is 1. The maximum atomic E-state index is 13.6. The number of hydrogen-bond donors (Lipinski definition) is 1. The lowest BCUT2D eigenvalue weighted by atomic mass is 9.32. The normalized spacial score (nSPS) is 60.8. The predicted molar refractivity (Wildman–Crippen MR) is 130 cm³/mol. The van der Waals surface area contributed by atoms with Crippen LogP contribution in [-0.2, 0) is 9.53 Å². The molecule has 1 aliphatic heterocycles. The lowest BCUT2D eigenvalue weighted by Gasteiger charge is -2.72. The smallest absolute Gasteiger partial charge is 0.313 e. The Morgan fingerprint density at radius 2 is 1.67 bits per heavy atom. The molecule has 0 unspecified atom stereocenters. The Kier molecular flexibility index (Phi) is 4.31. The zero-order valence-electron chi connectivity index (χ0n) is 22.0. The maximum Gasteiger partial charge on any atom is 0.313 e. The third kappa shape index (κ3) is 2.23. The van der Waals surface area contributed by atoms with E-state index in [4.69, 9.17) is 4.74 Å². The third-order valence-corrected chi connectivity index (χ3v) is 13.8. The van der Waals surface area contributed by atoms with Gasteiger partial charge in [-0.15, -0.1) is 0 Å². The van der Waals surface area contributed by atoms with E-state index in [1.165, 1.54) is 6.42 Å². The molecule has 0 amide bonds. The van der Waals surface area contributed by atoms with Gasteiger partial charge in [0.15, 0.2) is 0 Å². The van der Waals surface area contributed by atoms with Gasteiger partial charge in [0.1, 0.15) is 5.60 Å². The van der Waals surface area contributed by atoms with Crippen molar-refractivity contribution >= 4 is 5.97 Å². The van der Waals surface area contributed by atoms with Crippen molar-refractivity contribution < 1.29 is 14.6 Å². The van der Waals surface area contributed by atoms with E-state index in [0.29, 0.717) is 29.6 Å². The van der Waals surface area contributed by atoms with E-state index in [2.05, 4.69) is 60.6 Å². The number of ether oxygens (including phenoxy) is 1. The highest BCUT2D eigenvalue weighted by Crippen LogP contribution is 2.79. The Morgan fingerprint density at radius 3 is 2.39 bits per heavy atom. The molecule has 0 radical (unpaired) electrons. The molecule has 33 heavy (non-hydrogen) atoms. The summed E-state index contributed by atoms with van der Waals surface area (Å²) in [6, 6.07) is 0. The van der Waals surface area contributed by atoms with Crippen molar-refractivity contribution in [2.24, 2.45) is 56.7 Å². The SMILES string of the molecule is C[C@@H]1[C@@H](C)CC[C@@]23CC[C@@]4(C)[C@@](C=C[C@H]5[C@]6(C)CC[C@H](O)C(C)(C)[C@@H]6CC[C@]54C)(OC2=O)[C@@H]13. The number of carbonyl (C=O) groups is 1. The summed E-state index contributed by atoms with van der Waals surface area (Å²) in [5.41, 5.74) is -0.514. The number of hydrogen-bond acceptors (Lipinski definition) is 3. The molecule has 1 N–H and O–H groups in total. The number of fused-ring (bicyclic) bond motifs is 4. The molecule has 3 heteroatoms. The van der Waals surface area contributed by atoms with E-state index in [0.717, 1.165) is 44.9 Å². The van der Waals surface area contributed by atoms with Gasteiger partial charge in [-0.25, -0.2) is 0 Å². The maximum absolute atomic E-state index is 13.6. The molecule has 1 spiro atoms. The van der Waals surface area contributed by atoms with Gasteiger partial charge in [-0.05, 0) is 97.4 Å². The van der Waals surface area contributed by atoms with Gasteiger partial charge >= 0.3 is 5.97 Å². The summed E-state index contributed by atoms with van der Waals surface area (Å²) >= 11 is 0. The van der Waals surface area contributed by atoms with Crippen molar-refractivity contribution in [3.8, 4) is 0 Å². The van der Waals surface area contributed by atoms with Crippen LogP contribution < -0.4 is 0 Å². The zero-order valence-corrected chi connectivity index (χ0v) is 22.0. The van der Waals surface area contributed by atoms with Crippen molar-refractivity contribution in [2.75, 3.05) is 0 Å². The second-order valence-electron chi connectivity index (χ2n) is 14.8. The molecule has 1 saturated heterocycles. The van der Waals surface area contributed by atoms with Crippen molar-refractivity contribution in [1.82, 2.24) is 0 Å². The Bertz CT molecular complexity index is 922. The van der Waals surface area contributed by atoms with Crippen LogP contribution in [0.25, 0.3) is 0 Å². The average Bonchev–Trinajstić information content (AvgIpc) is 2.95. The predicted octanol–water partition coefficient (Wildman–Crippen LogP) is 6.54. The van der Waals surface area contributed by atoms with Crippen molar-refractivity contribution in [2.45, 2.75) is 112 Å². The molecule has 0 aromatic rings. The first kappa shape index (κ1) is 22.6. The fraction of sp³-hybridized carbons (Fsp3) is 0.900. The highest BCUT2D eigenvalue weighted by Gasteiger charge is 2.80. The molecule has 5 fully saturated rings. The van der Waals surface area contributed by atoms with E-state index < -0.39 is 5.60 Å². The van der Waals surface area contributed by atoms with Crippen LogP contribution in [0.1, 0.15) is 99.8 Å². The number of rotatable bonds is 0. The molecule has 6 aliphatic rings. The van der Waals surface area contributed by atoms with E-state index in [1.54, 1.807) is 0 Å². The summed E-state index contributed by atoms with van der Waals surface area (Å²) in [7, 11) is 0. The molecule has 4 saturated carbocycles. The van der Waals surface area contributed by atoms with E-state index in [-0.39, 0.29) is 39.1 Å². The van der Waals surface area contributed by atoms with Gasteiger partial charge < -0.3 is 9.84 Å². The Balaban J connectivity index is 1.52. The van der Waals surface area contributed by atoms with Crippen LogP contribution in [0.3, 0.4) is 0 Å². The first-order valence-corrected chi connectivity index (χ1v) is 13.9. The van der Waals surface area contributed by atoms with Crippen LogP contribution >= 0.6 is 0 Å². The van der Waals surface area contributed by atoms with E-state index in [9.17, 15) is 9.90 Å². The third-order valence-electron chi connectivity index (χ3n) is 13.8. The summed E-state index contributed by atoms with van der Waals surface area (Å²) in [5.74, 6) is 2.56. The highest BCUT2D eigenvalue weighted by molar-refractivity contribution is 5.82.